The van der Waals surface area contributed by atoms with Crippen LogP contribution in [-0.2, 0) is 7.05 Å². The number of esters is 1. The monoisotopic (exact) mass is 408 g/mol. The molecule has 0 bridgehead atoms. The van der Waals surface area contributed by atoms with Crippen LogP contribution in [0.15, 0.2) is 47.1 Å². The van der Waals surface area contributed by atoms with E-state index >= 15 is 0 Å². The molecule has 152 valence electrons. The number of nitrogens with zero attached hydrogens (tertiary/aromatic N) is 4. The normalized spacial score (nSPS) is 10.9. The van der Waals surface area contributed by atoms with Crippen molar-refractivity contribution in [3.63, 3.8) is 0 Å². The Morgan fingerprint density at radius 2 is 2.03 bits per heavy atom. The van der Waals surface area contributed by atoms with Crippen molar-refractivity contribution in [3.05, 3.63) is 64.0 Å². The van der Waals surface area contributed by atoms with Crippen molar-refractivity contribution in [2.75, 3.05) is 7.11 Å². The van der Waals surface area contributed by atoms with Gasteiger partial charge in [0.15, 0.2) is 22.9 Å². The lowest BCUT2D eigenvalue weighted by atomic mass is 10.1. The molecule has 0 saturated heterocycles. The second-order valence-corrected chi connectivity index (χ2v) is 6.42. The van der Waals surface area contributed by atoms with E-state index in [0.29, 0.717) is 28.2 Å². The summed E-state index contributed by atoms with van der Waals surface area (Å²) in [5.41, 5.74) is 1.45. The molecule has 4 aromatic rings. The van der Waals surface area contributed by atoms with E-state index < -0.39 is 10.9 Å². The summed E-state index contributed by atoms with van der Waals surface area (Å²) in [7, 11) is 3.09. The van der Waals surface area contributed by atoms with Crippen LogP contribution in [0.2, 0.25) is 0 Å². The largest absolute Gasteiger partial charge is 0.493 e. The number of hydrogen-bond acceptors (Lipinski definition) is 8. The van der Waals surface area contributed by atoms with E-state index in [0.717, 1.165) is 6.07 Å². The molecular formula is C20H16N4O6. The number of fused-ring (bicyclic) bond motifs is 1. The Morgan fingerprint density at radius 1 is 1.23 bits per heavy atom. The van der Waals surface area contributed by atoms with Crippen LogP contribution >= 0.6 is 0 Å². The number of hydrogen-bond donors (Lipinski definition) is 0. The number of carbonyl (C=O) groups excluding carboxylic acids is 1. The third-order valence-electron chi connectivity index (χ3n) is 4.52. The third-order valence-corrected chi connectivity index (χ3v) is 4.52. The summed E-state index contributed by atoms with van der Waals surface area (Å²) in [5.74, 6) is -0.140. The summed E-state index contributed by atoms with van der Waals surface area (Å²) in [5, 5.41) is 16.0. The quantitative estimate of drug-likeness (QED) is 0.212. The number of methoxy groups -OCH3 is 1. The maximum Gasteiger partial charge on any atom is 0.344 e. The Kier molecular flexibility index (Phi) is 4.66. The van der Waals surface area contributed by atoms with Gasteiger partial charge in [-0.3, -0.25) is 14.8 Å². The first kappa shape index (κ1) is 19.1. The molecule has 0 atom stereocenters. The molecule has 10 heteroatoms. The standard InChI is InChI=1S/C20H16N4O6/c1-11-18-13(10-14(15-5-4-8-29-15)21-19(18)23(2)22-11)20(25)30-17-9-12(24(26)27)6-7-16(17)28-3/h4-10H,1-3H3. The molecule has 4 rings (SSSR count). The molecule has 0 N–H and O–H groups in total. The number of nitro benzene ring substituents is 1. The zero-order valence-corrected chi connectivity index (χ0v) is 16.3. The van der Waals surface area contributed by atoms with E-state index in [1.54, 1.807) is 36.9 Å². The average molecular weight is 408 g/mol. The zero-order chi connectivity index (χ0) is 21.4. The fourth-order valence-electron chi connectivity index (χ4n) is 3.17. The first-order chi connectivity index (χ1) is 14.4. The van der Waals surface area contributed by atoms with Gasteiger partial charge in [0, 0.05) is 13.1 Å². The SMILES string of the molecule is COc1ccc([N+](=O)[O-])cc1OC(=O)c1cc(-c2ccco2)nc2c1c(C)nn2C. The second kappa shape index (κ2) is 7.32. The lowest BCUT2D eigenvalue weighted by molar-refractivity contribution is -0.384. The van der Waals surface area contributed by atoms with Crippen LogP contribution in [0.5, 0.6) is 11.5 Å². The average Bonchev–Trinajstić information content (AvgIpc) is 3.36. The molecular weight excluding hydrogens is 392 g/mol. The summed E-state index contributed by atoms with van der Waals surface area (Å²) >= 11 is 0. The first-order valence-corrected chi connectivity index (χ1v) is 8.82. The summed E-state index contributed by atoms with van der Waals surface area (Å²) in [6.45, 7) is 1.75. The predicted molar refractivity (Wildman–Crippen MR) is 106 cm³/mol. The Hall–Kier alpha value is -4.21. The van der Waals surface area contributed by atoms with Gasteiger partial charge in [-0.15, -0.1) is 0 Å². The van der Waals surface area contributed by atoms with Crippen LogP contribution < -0.4 is 9.47 Å². The van der Waals surface area contributed by atoms with Crippen molar-refractivity contribution in [1.29, 1.82) is 0 Å². The molecule has 0 saturated carbocycles. The van der Waals surface area contributed by atoms with Crippen molar-refractivity contribution in [2.45, 2.75) is 6.92 Å². The van der Waals surface area contributed by atoms with Gasteiger partial charge in [-0.2, -0.15) is 5.10 Å². The van der Waals surface area contributed by atoms with Crippen molar-refractivity contribution < 1.29 is 23.6 Å². The molecule has 0 unspecified atom stereocenters. The van der Waals surface area contributed by atoms with Crippen LogP contribution in [0.3, 0.4) is 0 Å². The molecule has 0 spiro atoms. The number of aryl methyl sites for hydroxylation is 2. The highest BCUT2D eigenvalue weighted by atomic mass is 16.6. The van der Waals surface area contributed by atoms with Crippen molar-refractivity contribution >= 4 is 22.7 Å². The van der Waals surface area contributed by atoms with Crippen LogP contribution in [0.25, 0.3) is 22.5 Å². The third kappa shape index (κ3) is 3.24. The smallest absolute Gasteiger partial charge is 0.344 e. The topological polar surface area (TPSA) is 123 Å². The lowest BCUT2D eigenvalue weighted by Gasteiger charge is -2.10. The number of nitro groups is 1. The minimum absolute atomic E-state index is 0.0669. The van der Waals surface area contributed by atoms with Gasteiger partial charge in [-0.05, 0) is 31.2 Å². The maximum absolute atomic E-state index is 13.1. The molecule has 0 radical (unpaired) electrons. The van der Waals surface area contributed by atoms with E-state index in [4.69, 9.17) is 13.9 Å². The molecule has 10 nitrogen and oxygen atoms in total. The molecule has 0 aliphatic carbocycles. The highest BCUT2D eigenvalue weighted by molar-refractivity contribution is 6.05. The van der Waals surface area contributed by atoms with Crippen molar-refractivity contribution in [1.82, 2.24) is 14.8 Å². The fraction of sp³-hybridized carbons (Fsp3) is 0.150. The Bertz CT molecular complexity index is 1280. The number of rotatable bonds is 5. The van der Waals surface area contributed by atoms with E-state index in [1.165, 1.54) is 25.5 Å². The van der Waals surface area contributed by atoms with E-state index in [9.17, 15) is 14.9 Å². The number of furan rings is 1. The summed E-state index contributed by atoms with van der Waals surface area (Å²) < 4.78 is 17.6. The van der Waals surface area contributed by atoms with E-state index in [2.05, 4.69) is 10.1 Å². The predicted octanol–water partition coefficient (Wildman–Crippen LogP) is 3.67. The van der Waals surface area contributed by atoms with Crippen molar-refractivity contribution in [3.8, 4) is 23.0 Å². The number of ether oxygens (including phenoxy) is 2. The van der Waals surface area contributed by atoms with Crippen LogP contribution in [-0.4, -0.2) is 32.8 Å². The molecule has 3 aromatic heterocycles. The molecule has 30 heavy (non-hydrogen) atoms. The Morgan fingerprint density at radius 3 is 2.70 bits per heavy atom. The summed E-state index contributed by atoms with van der Waals surface area (Å²) in [4.78, 5) is 28.2. The number of pyridine rings is 1. The number of benzene rings is 1. The van der Waals surface area contributed by atoms with Crippen LogP contribution in [0.4, 0.5) is 5.69 Å². The van der Waals surface area contributed by atoms with Crippen LogP contribution in [0, 0.1) is 17.0 Å². The molecule has 0 amide bonds. The van der Waals surface area contributed by atoms with Gasteiger partial charge in [0.2, 0.25) is 0 Å². The zero-order valence-electron chi connectivity index (χ0n) is 16.3. The molecule has 0 aliphatic rings. The molecule has 3 heterocycles. The second-order valence-electron chi connectivity index (χ2n) is 6.42. The molecule has 1 aromatic carbocycles. The summed E-state index contributed by atoms with van der Waals surface area (Å²) in [6.07, 6.45) is 1.50. The van der Waals surface area contributed by atoms with Gasteiger partial charge in [0.1, 0.15) is 5.69 Å². The van der Waals surface area contributed by atoms with Crippen LogP contribution in [0.1, 0.15) is 16.1 Å². The van der Waals surface area contributed by atoms with Gasteiger partial charge >= 0.3 is 5.97 Å². The van der Waals surface area contributed by atoms with Crippen molar-refractivity contribution in [2.24, 2.45) is 7.05 Å². The number of non-ortho nitro benzene ring substituents is 1. The Balaban J connectivity index is 1.84. The summed E-state index contributed by atoms with van der Waals surface area (Å²) in [6, 6.07) is 8.74. The van der Waals surface area contributed by atoms with Gasteiger partial charge in [-0.1, -0.05) is 0 Å². The number of aromatic nitrogens is 3. The minimum Gasteiger partial charge on any atom is -0.493 e. The van der Waals surface area contributed by atoms with Gasteiger partial charge in [0.05, 0.1) is 41.0 Å². The number of carbonyl (C=O) groups is 1. The minimum atomic E-state index is -0.731. The van der Waals surface area contributed by atoms with Gasteiger partial charge < -0.3 is 13.9 Å². The van der Waals surface area contributed by atoms with Gasteiger partial charge in [-0.25, -0.2) is 9.78 Å². The molecule has 0 fully saturated rings. The highest BCUT2D eigenvalue weighted by Crippen LogP contribution is 2.33. The van der Waals surface area contributed by atoms with E-state index in [1.807, 2.05) is 0 Å². The lowest BCUT2D eigenvalue weighted by Crippen LogP contribution is -2.11. The Labute approximate surface area is 169 Å². The highest BCUT2D eigenvalue weighted by Gasteiger charge is 2.23. The maximum atomic E-state index is 13.1. The first-order valence-electron chi connectivity index (χ1n) is 8.82. The fourth-order valence-corrected chi connectivity index (χ4v) is 3.17. The van der Waals surface area contributed by atoms with Gasteiger partial charge in [0.25, 0.3) is 5.69 Å². The van der Waals surface area contributed by atoms with E-state index in [-0.39, 0.29) is 22.7 Å². The molecule has 0 aliphatic heterocycles.